The van der Waals surface area contributed by atoms with Crippen LogP contribution in [0.1, 0.15) is 31.0 Å². The molecule has 0 aliphatic carbocycles. The summed E-state index contributed by atoms with van der Waals surface area (Å²) in [5.41, 5.74) is 2.56. The first-order valence-electron chi connectivity index (χ1n) is 5.92. The molecule has 0 fully saturated rings. The molecule has 0 aliphatic heterocycles. The lowest BCUT2D eigenvalue weighted by Gasteiger charge is -2.21. The highest BCUT2D eigenvalue weighted by Gasteiger charge is 2.13. The molecule has 0 unspecified atom stereocenters. The minimum Gasteiger partial charge on any atom is -0.308 e. The second kappa shape index (κ2) is 5.47. The summed E-state index contributed by atoms with van der Waals surface area (Å²) >= 11 is 1.74. The van der Waals surface area contributed by atoms with Crippen LogP contribution >= 0.6 is 11.3 Å². The SMILES string of the molecule is Cc1cnn([C@@H](C)[C@@H](C)NCc2ccsc2)c1. The largest absolute Gasteiger partial charge is 0.308 e. The maximum absolute atomic E-state index is 4.36. The predicted molar refractivity (Wildman–Crippen MR) is 72.3 cm³/mol. The van der Waals surface area contributed by atoms with Gasteiger partial charge in [0, 0.05) is 18.8 Å². The molecule has 0 aliphatic rings. The molecule has 2 aromatic rings. The third kappa shape index (κ3) is 3.17. The first kappa shape index (κ1) is 12.3. The highest BCUT2D eigenvalue weighted by molar-refractivity contribution is 7.07. The zero-order valence-electron chi connectivity index (χ0n) is 10.6. The van der Waals surface area contributed by atoms with E-state index in [0.29, 0.717) is 12.1 Å². The molecule has 2 heterocycles. The van der Waals surface area contributed by atoms with Gasteiger partial charge in [0.05, 0.1) is 12.2 Å². The van der Waals surface area contributed by atoms with Gasteiger partial charge in [0.25, 0.3) is 0 Å². The van der Waals surface area contributed by atoms with Crippen molar-refractivity contribution < 1.29 is 0 Å². The number of hydrogen-bond donors (Lipinski definition) is 1. The molecule has 0 radical (unpaired) electrons. The molecule has 2 atom stereocenters. The maximum Gasteiger partial charge on any atom is 0.0641 e. The summed E-state index contributed by atoms with van der Waals surface area (Å²) in [6.45, 7) is 7.39. The van der Waals surface area contributed by atoms with Gasteiger partial charge in [-0.2, -0.15) is 16.4 Å². The minimum atomic E-state index is 0.363. The number of aryl methyl sites for hydroxylation is 1. The third-order valence-electron chi connectivity index (χ3n) is 3.08. The average molecular weight is 249 g/mol. The minimum absolute atomic E-state index is 0.363. The number of rotatable bonds is 5. The van der Waals surface area contributed by atoms with Gasteiger partial charge in [-0.1, -0.05) is 0 Å². The zero-order chi connectivity index (χ0) is 12.3. The van der Waals surface area contributed by atoms with Gasteiger partial charge >= 0.3 is 0 Å². The second-order valence-electron chi connectivity index (χ2n) is 4.54. The predicted octanol–water partition coefficient (Wildman–Crippen LogP) is 2.99. The smallest absolute Gasteiger partial charge is 0.0641 e. The molecule has 4 heteroatoms. The van der Waals surface area contributed by atoms with Crippen molar-refractivity contribution in [3.63, 3.8) is 0 Å². The van der Waals surface area contributed by atoms with Crippen molar-refractivity contribution in [1.29, 1.82) is 0 Å². The Morgan fingerprint density at radius 2 is 2.29 bits per heavy atom. The van der Waals surface area contributed by atoms with Crippen LogP contribution in [0.25, 0.3) is 0 Å². The van der Waals surface area contributed by atoms with Gasteiger partial charge in [-0.3, -0.25) is 4.68 Å². The number of nitrogens with one attached hydrogen (secondary N) is 1. The number of nitrogens with zero attached hydrogens (tertiary/aromatic N) is 2. The Hall–Kier alpha value is -1.13. The average Bonchev–Trinajstić information content (AvgIpc) is 2.95. The fourth-order valence-corrected chi connectivity index (χ4v) is 2.40. The highest BCUT2D eigenvalue weighted by atomic mass is 32.1. The van der Waals surface area contributed by atoms with Gasteiger partial charge in [-0.25, -0.2) is 0 Å². The van der Waals surface area contributed by atoms with Crippen molar-refractivity contribution in [2.75, 3.05) is 0 Å². The summed E-state index contributed by atoms with van der Waals surface area (Å²) in [7, 11) is 0. The van der Waals surface area contributed by atoms with E-state index < -0.39 is 0 Å². The third-order valence-corrected chi connectivity index (χ3v) is 3.81. The van der Waals surface area contributed by atoms with Gasteiger partial charge in [0.2, 0.25) is 0 Å². The molecule has 0 bridgehead atoms. The topological polar surface area (TPSA) is 29.9 Å². The van der Waals surface area contributed by atoms with E-state index in [2.05, 4.69) is 54.2 Å². The molecule has 0 amide bonds. The highest BCUT2D eigenvalue weighted by Crippen LogP contribution is 2.12. The van der Waals surface area contributed by atoms with E-state index >= 15 is 0 Å². The standard InChI is InChI=1S/C13H19N3S/c1-10-6-15-16(8-10)12(3)11(2)14-7-13-4-5-17-9-13/h4-6,8-9,11-12,14H,7H2,1-3H3/t11-,12+/m1/s1. The van der Waals surface area contributed by atoms with Crippen molar-refractivity contribution >= 4 is 11.3 Å². The molecule has 1 N–H and O–H groups in total. The van der Waals surface area contributed by atoms with Crippen LogP contribution in [-0.2, 0) is 6.54 Å². The Morgan fingerprint density at radius 3 is 2.88 bits per heavy atom. The molecule has 2 aromatic heterocycles. The number of thiophene rings is 1. The summed E-state index contributed by atoms with van der Waals surface area (Å²) < 4.78 is 2.03. The van der Waals surface area contributed by atoms with Gasteiger partial charge in [-0.05, 0) is 48.7 Å². The Labute approximate surface area is 106 Å². The van der Waals surface area contributed by atoms with Crippen LogP contribution in [0.5, 0.6) is 0 Å². The van der Waals surface area contributed by atoms with E-state index in [0.717, 1.165) is 6.54 Å². The molecule has 0 saturated heterocycles. The van der Waals surface area contributed by atoms with Crippen molar-refractivity contribution in [3.8, 4) is 0 Å². The van der Waals surface area contributed by atoms with Gasteiger partial charge in [-0.15, -0.1) is 0 Å². The Balaban J connectivity index is 1.89. The van der Waals surface area contributed by atoms with Crippen molar-refractivity contribution in [2.45, 2.75) is 39.4 Å². The number of aromatic nitrogens is 2. The molecule has 92 valence electrons. The molecule has 3 nitrogen and oxygen atoms in total. The Kier molecular flexibility index (Phi) is 3.97. The van der Waals surface area contributed by atoms with Gasteiger partial charge < -0.3 is 5.32 Å². The van der Waals surface area contributed by atoms with Crippen LogP contribution in [0.4, 0.5) is 0 Å². The lowest BCUT2D eigenvalue weighted by atomic mass is 10.1. The van der Waals surface area contributed by atoms with Crippen molar-refractivity contribution in [3.05, 3.63) is 40.3 Å². The van der Waals surface area contributed by atoms with Crippen LogP contribution in [0.2, 0.25) is 0 Å². The van der Waals surface area contributed by atoms with E-state index in [1.165, 1.54) is 11.1 Å². The van der Waals surface area contributed by atoms with Crippen molar-refractivity contribution in [2.24, 2.45) is 0 Å². The van der Waals surface area contributed by atoms with Crippen LogP contribution < -0.4 is 5.32 Å². The molecule has 17 heavy (non-hydrogen) atoms. The molecule has 2 rings (SSSR count). The molecule has 0 spiro atoms. The van der Waals surface area contributed by atoms with E-state index in [9.17, 15) is 0 Å². The van der Waals surface area contributed by atoms with Gasteiger partial charge in [0.1, 0.15) is 0 Å². The fourth-order valence-electron chi connectivity index (χ4n) is 1.73. The van der Waals surface area contributed by atoms with Crippen LogP contribution in [-0.4, -0.2) is 15.8 Å². The van der Waals surface area contributed by atoms with E-state index in [4.69, 9.17) is 0 Å². The van der Waals surface area contributed by atoms with E-state index in [1.807, 2.05) is 10.9 Å². The zero-order valence-corrected chi connectivity index (χ0v) is 11.4. The quantitative estimate of drug-likeness (QED) is 0.883. The summed E-state index contributed by atoms with van der Waals surface area (Å²) in [6.07, 6.45) is 4.00. The summed E-state index contributed by atoms with van der Waals surface area (Å²) in [4.78, 5) is 0. The molecular weight excluding hydrogens is 230 g/mol. The maximum atomic E-state index is 4.36. The van der Waals surface area contributed by atoms with Crippen LogP contribution in [0, 0.1) is 6.92 Å². The summed E-state index contributed by atoms with van der Waals surface area (Å²) in [5, 5.41) is 12.2. The molecule has 0 saturated carbocycles. The van der Waals surface area contributed by atoms with Crippen LogP contribution in [0.15, 0.2) is 29.2 Å². The fraction of sp³-hybridized carbons (Fsp3) is 0.462. The lowest BCUT2D eigenvalue weighted by molar-refractivity contribution is 0.365. The first-order valence-corrected chi connectivity index (χ1v) is 6.86. The normalized spacial score (nSPS) is 14.8. The first-order chi connectivity index (χ1) is 8.16. The lowest BCUT2D eigenvalue weighted by Crippen LogP contribution is -2.33. The monoisotopic (exact) mass is 249 g/mol. The summed E-state index contributed by atoms with van der Waals surface area (Å²) in [6, 6.07) is 2.92. The van der Waals surface area contributed by atoms with Crippen LogP contribution in [0.3, 0.4) is 0 Å². The van der Waals surface area contributed by atoms with E-state index in [1.54, 1.807) is 11.3 Å². The number of hydrogen-bond acceptors (Lipinski definition) is 3. The Bertz CT molecular complexity index is 447. The summed E-state index contributed by atoms with van der Waals surface area (Å²) in [5.74, 6) is 0. The molecule has 0 aromatic carbocycles. The van der Waals surface area contributed by atoms with Crippen molar-refractivity contribution in [1.82, 2.24) is 15.1 Å². The molecular formula is C13H19N3S. The van der Waals surface area contributed by atoms with Gasteiger partial charge in [0.15, 0.2) is 0 Å². The Morgan fingerprint density at radius 1 is 1.47 bits per heavy atom. The second-order valence-corrected chi connectivity index (χ2v) is 5.32. The van der Waals surface area contributed by atoms with E-state index in [-0.39, 0.29) is 0 Å².